The molecular formula is C23H32N2O3. The van der Waals surface area contributed by atoms with E-state index in [9.17, 15) is 0 Å². The molecule has 1 unspecified atom stereocenters. The van der Waals surface area contributed by atoms with Crippen molar-refractivity contribution in [2.75, 3.05) is 52.4 Å². The average Bonchev–Trinajstić information content (AvgIpc) is 2.71. The smallest absolute Gasteiger partial charge is 0.203 e. The summed E-state index contributed by atoms with van der Waals surface area (Å²) in [6.45, 7) is 8.68. The van der Waals surface area contributed by atoms with Crippen LogP contribution in [0, 0.1) is 6.92 Å². The largest absolute Gasteiger partial charge is 0.493 e. The molecule has 1 saturated heterocycles. The van der Waals surface area contributed by atoms with Gasteiger partial charge in [0, 0.05) is 37.9 Å². The fourth-order valence-corrected chi connectivity index (χ4v) is 3.99. The number of piperazine rings is 1. The highest BCUT2D eigenvalue weighted by Gasteiger charge is 2.24. The highest BCUT2D eigenvalue weighted by atomic mass is 16.5. The fourth-order valence-electron chi connectivity index (χ4n) is 3.99. The lowest BCUT2D eigenvalue weighted by atomic mass is 10.1. The number of anilines is 1. The molecule has 0 radical (unpaired) electrons. The third-order valence-corrected chi connectivity index (χ3v) is 5.49. The first-order valence-electron chi connectivity index (χ1n) is 9.90. The molecule has 0 aromatic heterocycles. The summed E-state index contributed by atoms with van der Waals surface area (Å²) in [5.41, 5.74) is 3.84. The second-order valence-corrected chi connectivity index (χ2v) is 7.47. The summed E-state index contributed by atoms with van der Waals surface area (Å²) >= 11 is 0. The zero-order valence-electron chi connectivity index (χ0n) is 17.7. The minimum atomic E-state index is 0.496. The lowest BCUT2D eigenvalue weighted by Crippen LogP contribution is -2.52. The highest BCUT2D eigenvalue weighted by molar-refractivity contribution is 5.54. The number of nitrogens with zero attached hydrogens (tertiary/aromatic N) is 2. The lowest BCUT2D eigenvalue weighted by Gasteiger charge is -2.41. The van der Waals surface area contributed by atoms with Gasteiger partial charge in [-0.2, -0.15) is 0 Å². The van der Waals surface area contributed by atoms with Crippen LogP contribution in [0.5, 0.6) is 17.2 Å². The molecule has 0 spiro atoms. The molecule has 0 aliphatic carbocycles. The molecule has 3 rings (SSSR count). The van der Waals surface area contributed by atoms with Crippen LogP contribution >= 0.6 is 0 Å². The Morgan fingerprint density at radius 3 is 2.25 bits per heavy atom. The Morgan fingerprint density at radius 1 is 0.964 bits per heavy atom. The van der Waals surface area contributed by atoms with Gasteiger partial charge in [0.05, 0.1) is 21.3 Å². The second-order valence-electron chi connectivity index (χ2n) is 7.47. The van der Waals surface area contributed by atoms with Gasteiger partial charge in [-0.15, -0.1) is 0 Å². The lowest BCUT2D eigenvalue weighted by molar-refractivity contribution is 0.231. The van der Waals surface area contributed by atoms with Crippen LogP contribution in [0.3, 0.4) is 0 Å². The second kappa shape index (κ2) is 9.20. The number of hydrogen-bond acceptors (Lipinski definition) is 5. The van der Waals surface area contributed by atoms with E-state index in [0.29, 0.717) is 11.8 Å². The summed E-state index contributed by atoms with van der Waals surface area (Å²) in [5, 5.41) is 0. The third-order valence-electron chi connectivity index (χ3n) is 5.49. The van der Waals surface area contributed by atoms with Crippen molar-refractivity contribution in [2.24, 2.45) is 0 Å². The predicted octanol–water partition coefficient (Wildman–Crippen LogP) is 3.77. The first-order chi connectivity index (χ1) is 13.5. The van der Waals surface area contributed by atoms with E-state index < -0.39 is 0 Å². The molecule has 28 heavy (non-hydrogen) atoms. The quantitative estimate of drug-likeness (QED) is 0.726. The summed E-state index contributed by atoms with van der Waals surface area (Å²) in [6, 6.07) is 13.4. The van der Waals surface area contributed by atoms with E-state index in [0.717, 1.165) is 44.1 Å². The molecule has 152 valence electrons. The number of rotatable bonds is 7. The van der Waals surface area contributed by atoms with Crippen molar-refractivity contribution in [2.45, 2.75) is 26.3 Å². The van der Waals surface area contributed by atoms with Crippen molar-refractivity contribution in [3.63, 3.8) is 0 Å². The van der Waals surface area contributed by atoms with Gasteiger partial charge in [-0.25, -0.2) is 0 Å². The molecule has 0 N–H and O–H groups in total. The molecule has 1 atom stereocenters. The van der Waals surface area contributed by atoms with Crippen LogP contribution in [-0.2, 0) is 6.42 Å². The molecule has 5 heteroatoms. The maximum Gasteiger partial charge on any atom is 0.203 e. The zero-order chi connectivity index (χ0) is 20.1. The minimum Gasteiger partial charge on any atom is -0.493 e. The van der Waals surface area contributed by atoms with E-state index in [4.69, 9.17) is 14.2 Å². The van der Waals surface area contributed by atoms with Gasteiger partial charge in [0.1, 0.15) is 0 Å². The average molecular weight is 385 g/mol. The number of benzene rings is 2. The SMILES string of the molecule is COc1cc(CCN2CCN(c3cccc(C)c3)C(C)C2)cc(OC)c1OC. The van der Waals surface area contributed by atoms with Crippen molar-refractivity contribution >= 4 is 5.69 Å². The number of aryl methyl sites for hydroxylation is 1. The molecule has 1 aliphatic rings. The number of methoxy groups -OCH3 is 3. The van der Waals surface area contributed by atoms with Gasteiger partial charge >= 0.3 is 0 Å². The third kappa shape index (κ3) is 4.53. The van der Waals surface area contributed by atoms with Gasteiger partial charge in [0.2, 0.25) is 5.75 Å². The molecule has 1 fully saturated rings. The molecule has 0 bridgehead atoms. The van der Waals surface area contributed by atoms with Crippen LogP contribution in [0.1, 0.15) is 18.1 Å². The Labute approximate surface area is 168 Å². The first kappa shape index (κ1) is 20.3. The van der Waals surface area contributed by atoms with Crippen molar-refractivity contribution in [1.82, 2.24) is 4.90 Å². The van der Waals surface area contributed by atoms with Crippen LogP contribution in [0.4, 0.5) is 5.69 Å². The zero-order valence-corrected chi connectivity index (χ0v) is 17.7. The topological polar surface area (TPSA) is 34.2 Å². The van der Waals surface area contributed by atoms with Gasteiger partial charge < -0.3 is 19.1 Å². The van der Waals surface area contributed by atoms with Gasteiger partial charge in [-0.3, -0.25) is 4.90 Å². The van der Waals surface area contributed by atoms with Gasteiger partial charge in [0.25, 0.3) is 0 Å². The van der Waals surface area contributed by atoms with Crippen molar-refractivity contribution < 1.29 is 14.2 Å². The van der Waals surface area contributed by atoms with E-state index in [1.807, 2.05) is 12.1 Å². The molecule has 0 saturated carbocycles. The predicted molar refractivity (Wildman–Crippen MR) is 114 cm³/mol. The molecule has 0 amide bonds. The van der Waals surface area contributed by atoms with Crippen LogP contribution in [0.25, 0.3) is 0 Å². The van der Waals surface area contributed by atoms with Gasteiger partial charge in [-0.1, -0.05) is 12.1 Å². The maximum absolute atomic E-state index is 5.48. The summed E-state index contributed by atoms with van der Waals surface area (Å²) in [6.07, 6.45) is 0.952. The van der Waals surface area contributed by atoms with Gasteiger partial charge in [0.15, 0.2) is 11.5 Å². The maximum atomic E-state index is 5.48. The van der Waals surface area contributed by atoms with Crippen LogP contribution in [-0.4, -0.2) is 58.5 Å². The minimum absolute atomic E-state index is 0.496. The molecular weight excluding hydrogens is 352 g/mol. The van der Waals surface area contributed by atoms with Crippen molar-refractivity contribution in [3.05, 3.63) is 47.5 Å². The fraction of sp³-hybridized carbons (Fsp3) is 0.478. The van der Waals surface area contributed by atoms with E-state index in [2.05, 4.69) is 47.9 Å². The van der Waals surface area contributed by atoms with E-state index in [1.165, 1.54) is 16.8 Å². The molecule has 1 aliphatic heterocycles. The molecule has 2 aromatic rings. The monoisotopic (exact) mass is 384 g/mol. The molecule has 1 heterocycles. The van der Waals surface area contributed by atoms with E-state index >= 15 is 0 Å². The Balaban J connectivity index is 1.62. The van der Waals surface area contributed by atoms with Crippen LogP contribution in [0.15, 0.2) is 36.4 Å². The first-order valence-corrected chi connectivity index (χ1v) is 9.90. The Kier molecular flexibility index (Phi) is 6.68. The van der Waals surface area contributed by atoms with Gasteiger partial charge in [-0.05, 0) is 55.7 Å². The Hall–Kier alpha value is -2.40. The van der Waals surface area contributed by atoms with Crippen LogP contribution < -0.4 is 19.1 Å². The molecule has 5 nitrogen and oxygen atoms in total. The molecule has 2 aromatic carbocycles. The summed E-state index contributed by atoms with van der Waals surface area (Å²) in [7, 11) is 4.95. The van der Waals surface area contributed by atoms with E-state index in [1.54, 1.807) is 21.3 Å². The van der Waals surface area contributed by atoms with Crippen molar-refractivity contribution in [1.29, 1.82) is 0 Å². The highest BCUT2D eigenvalue weighted by Crippen LogP contribution is 2.38. The summed E-state index contributed by atoms with van der Waals surface area (Å²) in [4.78, 5) is 5.06. The van der Waals surface area contributed by atoms with Crippen molar-refractivity contribution in [3.8, 4) is 17.2 Å². The standard InChI is InChI=1S/C23H32N2O3/c1-17-7-6-8-20(13-17)25-12-11-24(16-18(25)2)10-9-19-14-21(26-3)23(28-5)22(15-19)27-4/h6-8,13-15,18H,9-12,16H2,1-5H3. The normalized spacial score (nSPS) is 17.5. The Bertz CT molecular complexity index is 768. The summed E-state index contributed by atoms with van der Waals surface area (Å²) < 4.78 is 16.4. The van der Waals surface area contributed by atoms with Crippen LogP contribution in [0.2, 0.25) is 0 Å². The van der Waals surface area contributed by atoms with E-state index in [-0.39, 0.29) is 0 Å². The number of hydrogen-bond donors (Lipinski definition) is 0. The summed E-state index contributed by atoms with van der Waals surface area (Å²) in [5.74, 6) is 2.08. The number of ether oxygens (including phenoxy) is 3. The Morgan fingerprint density at radius 2 is 1.68 bits per heavy atom.